The highest BCUT2D eigenvalue weighted by Gasteiger charge is 2.46. The molecule has 3 N–H and O–H groups in total. The van der Waals surface area contributed by atoms with E-state index < -0.39 is 6.17 Å². The summed E-state index contributed by atoms with van der Waals surface area (Å²) in [7, 11) is 0. The second-order valence-corrected chi connectivity index (χ2v) is 11.2. The summed E-state index contributed by atoms with van der Waals surface area (Å²) in [6.07, 6.45) is 10.2. The first-order chi connectivity index (χ1) is 14.5. The molecule has 5 nitrogen and oxygen atoms in total. The lowest BCUT2D eigenvalue weighted by molar-refractivity contribution is -0.124. The van der Waals surface area contributed by atoms with Crippen molar-refractivity contribution in [2.24, 2.45) is 17.3 Å². The highest BCUT2D eigenvalue weighted by molar-refractivity contribution is 5.82. The maximum Gasteiger partial charge on any atom is 0.237 e. The number of carbonyl (C=O) groups is 1. The van der Waals surface area contributed by atoms with Gasteiger partial charge < -0.3 is 20.9 Å². The van der Waals surface area contributed by atoms with Gasteiger partial charge in [-0.05, 0) is 95.2 Å². The molecule has 170 valence electrons. The summed E-state index contributed by atoms with van der Waals surface area (Å²) in [6.45, 7) is 7.04. The normalized spacial score (nSPS) is 44.1. The third-order valence-corrected chi connectivity index (χ3v) is 9.35. The van der Waals surface area contributed by atoms with Crippen LogP contribution >= 0.6 is 0 Å². The van der Waals surface area contributed by atoms with Crippen LogP contribution in [0.5, 0.6) is 0 Å². The number of nitrogens with zero attached hydrogens (tertiary/aromatic N) is 1. The fourth-order valence-corrected chi connectivity index (χ4v) is 7.31. The van der Waals surface area contributed by atoms with Crippen molar-refractivity contribution in [3.8, 4) is 0 Å². The third-order valence-electron chi connectivity index (χ3n) is 9.35. The highest BCUT2D eigenvalue weighted by Crippen LogP contribution is 2.40. The molecule has 1 spiro atoms. The Morgan fingerprint density at radius 2 is 1.93 bits per heavy atom. The van der Waals surface area contributed by atoms with Crippen molar-refractivity contribution in [3.05, 3.63) is 0 Å². The second kappa shape index (κ2) is 8.67. The number of piperidine rings is 1. The minimum atomic E-state index is -0.743. The molecular weight excluding hydrogens is 379 g/mol. The smallest absolute Gasteiger partial charge is 0.237 e. The Morgan fingerprint density at radius 3 is 2.67 bits per heavy atom. The molecule has 3 aliphatic heterocycles. The maximum absolute atomic E-state index is 14.4. The van der Waals surface area contributed by atoms with Gasteiger partial charge in [-0.1, -0.05) is 6.92 Å². The molecule has 5 aliphatic rings. The van der Waals surface area contributed by atoms with Gasteiger partial charge in [0, 0.05) is 30.6 Å². The second-order valence-electron chi connectivity index (χ2n) is 11.2. The number of halogens is 1. The Morgan fingerprint density at radius 1 is 1.10 bits per heavy atom. The van der Waals surface area contributed by atoms with E-state index in [1.807, 2.05) is 0 Å². The molecule has 1 amide bonds. The molecule has 7 unspecified atom stereocenters. The van der Waals surface area contributed by atoms with Gasteiger partial charge in [0.1, 0.15) is 6.17 Å². The van der Waals surface area contributed by atoms with Gasteiger partial charge in [0.15, 0.2) is 0 Å². The number of alkyl halides is 1. The number of likely N-dealkylation sites (tertiary alicyclic amines) is 1. The van der Waals surface area contributed by atoms with E-state index in [4.69, 9.17) is 0 Å². The summed E-state index contributed by atoms with van der Waals surface area (Å²) < 4.78 is 14.4. The maximum atomic E-state index is 14.4. The summed E-state index contributed by atoms with van der Waals surface area (Å²) in [5.41, 5.74) is 0.565. The summed E-state index contributed by atoms with van der Waals surface area (Å²) in [5, 5.41) is 10.4. The third kappa shape index (κ3) is 4.16. The zero-order chi connectivity index (χ0) is 20.7. The van der Waals surface area contributed by atoms with Gasteiger partial charge in [-0.2, -0.15) is 0 Å². The van der Waals surface area contributed by atoms with Gasteiger partial charge in [0.05, 0.1) is 6.04 Å². The molecule has 3 saturated heterocycles. The van der Waals surface area contributed by atoms with Crippen molar-refractivity contribution >= 4 is 5.91 Å². The van der Waals surface area contributed by atoms with Crippen molar-refractivity contribution in [2.45, 2.75) is 101 Å². The monoisotopic (exact) mass is 420 g/mol. The standard InChI is InChI=1S/C24H41FN4O/c1-16-5-6-20(25)19-14-21(28-22(16)19)23(30)27-17-3-2-4-18(13-17)29-11-8-24(9-12-29)7-10-26-15-24/h16-22,26,28H,2-15H2,1H3,(H,27,30). The Bertz CT molecular complexity index is 596. The molecule has 5 rings (SSSR count). The van der Waals surface area contributed by atoms with Crippen LogP contribution in [0, 0.1) is 17.3 Å². The molecule has 0 aromatic carbocycles. The molecule has 0 bridgehead atoms. The first-order valence-electron chi connectivity index (χ1n) is 12.7. The number of nitrogens with one attached hydrogen (secondary N) is 3. The van der Waals surface area contributed by atoms with Crippen LogP contribution < -0.4 is 16.0 Å². The predicted octanol–water partition coefficient (Wildman–Crippen LogP) is 2.60. The van der Waals surface area contributed by atoms with Crippen molar-refractivity contribution in [1.29, 1.82) is 0 Å². The van der Waals surface area contributed by atoms with E-state index in [1.54, 1.807) is 0 Å². The van der Waals surface area contributed by atoms with Crippen LogP contribution in [0.3, 0.4) is 0 Å². The Hall–Kier alpha value is -0.720. The summed E-state index contributed by atoms with van der Waals surface area (Å²) in [5.74, 6) is 0.606. The van der Waals surface area contributed by atoms with Crippen molar-refractivity contribution in [1.82, 2.24) is 20.9 Å². The molecule has 2 aliphatic carbocycles. The van der Waals surface area contributed by atoms with E-state index in [0.29, 0.717) is 30.2 Å². The van der Waals surface area contributed by atoms with Crippen molar-refractivity contribution < 1.29 is 9.18 Å². The molecule has 30 heavy (non-hydrogen) atoms. The predicted molar refractivity (Wildman–Crippen MR) is 117 cm³/mol. The quantitative estimate of drug-likeness (QED) is 0.657. The van der Waals surface area contributed by atoms with Gasteiger partial charge in [-0.15, -0.1) is 0 Å². The van der Waals surface area contributed by atoms with Crippen LogP contribution in [-0.4, -0.2) is 67.3 Å². The van der Waals surface area contributed by atoms with E-state index in [0.717, 1.165) is 19.3 Å². The summed E-state index contributed by atoms with van der Waals surface area (Å²) >= 11 is 0. The van der Waals surface area contributed by atoms with E-state index in [-0.39, 0.29) is 30.0 Å². The Kier molecular flexibility index (Phi) is 6.11. The number of hydrogen-bond acceptors (Lipinski definition) is 4. The molecule has 7 atom stereocenters. The SMILES string of the molecule is CC1CCC(F)C2CC(C(=O)NC3CCCC(N4CCC5(CCNC5)CC4)C3)NC12. The lowest BCUT2D eigenvalue weighted by Crippen LogP contribution is -2.52. The van der Waals surface area contributed by atoms with Gasteiger partial charge in [0.2, 0.25) is 5.91 Å². The van der Waals surface area contributed by atoms with Gasteiger partial charge in [-0.3, -0.25) is 4.79 Å². The zero-order valence-electron chi connectivity index (χ0n) is 18.7. The number of hydrogen-bond donors (Lipinski definition) is 3. The molecule has 5 fully saturated rings. The molecular formula is C24H41FN4O. The topological polar surface area (TPSA) is 56.4 Å². The Labute approximate surface area is 181 Å². The van der Waals surface area contributed by atoms with E-state index in [9.17, 15) is 9.18 Å². The lowest BCUT2D eigenvalue weighted by atomic mass is 9.76. The Balaban J connectivity index is 1.12. The summed E-state index contributed by atoms with van der Waals surface area (Å²) in [6, 6.07) is 0.867. The average molecular weight is 421 g/mol. The fraction of sp³-hybridized carbons (Fsp3) is 0.958. The first kappa shape index (κ1) is 21.1. The molecule has 3 heterocycles. The fourth-order valence-electron chi connectivity index (χ4n) is 7.31. The number of carbonyl (C=O) groups excluding carboxylic acids is 1. The molecule has 6 heteroatoms. The number of amides is 1. The molecule has 0 radical (unpaired) electrons. The van der Waals surface area contributed by atoms with Gasteiger partial charge >= 0.3 is 0 Å². The van der Waals surface area contributed by atoms with Crippen LogP contribution in [0.4, 0.5) is 4.39 Å². The first-order valence-corrected chi connectivity index (χ1v) is 12.7. The minimum absolute atomic E-state index is 0.0225. The molecule has 2 saturated carbocycles. The largest absolute Gasteiger partial charge is 0.352 e. The lowest BCUT2D eigenvalue weighted by Gasteiger charge is -2.44. The van der Waals surface area contributed by atoms with E-state index in [2.05, 4.69) is 27.8 Å². The van der Waals surface area contributed by atoms with E-state index >= 15 is 0 Å². The number of fused-ring (bicyclic) bond motifs is 1. The van der Waals surface area contributed by atoms with Crippen molar-refractivity contribution in [3.63, 3.8) is 0 Å². The number of rotatable bonds is 3. The van der Waals surface area contributed by atoms with Gasteiger partial charge in [0.25, 0.3) is 0 Å². The molecule has 0 aromatic rings. The van der Waals surface area contributed by atoms with Crippen LogP contribution in [0.15, 0.2) is 0 Å². The van der Waals surface area contributed by atoms with Crippen LogP contribution in [0.2, 0.25) is 0 Å². The highest BCUT2D eigenvalue weighted by atomic mass is 19.1. The minimum Gasteiger partial charge on any atom is -0.352 e. The van der Waals surface area contributed by atoms with Gasteiger partial charge in [-0.25, -0.2) is 4.39 Å². The van der Waals surface area contributed by atoms with Crippen molar-refractivity contribution in [2.75, 3.05) is 26.2 Å². The molecule has 0 aromatic heterocycles. The van der Waals surface area contributed by atoms with E-state index in [1.165, 1.54) is 58.3 Å². The van der Waals surface area contributed by atoms with Crippen LogP contribution in [-0.2, 0) is 4.79 Å². The average Bonchev–Trinajstić information content (AvgIpc) is 3.40. The zero-order valence-corrected chi connectivity index (χ0v) is 18.7. The van der Waals surface area contributed by atoms with Crippen LogP contribution in [0.25, 0.3) is 0 Å². The summed E-state index contributed by atoms with van der Waals surface area (Å²) in [4.78, 5) is 15.7. The van der Waals surface area contributed by atoms with Crippen LogP contribution in [0.1, 0.15) is 71.1 Å².